The maximum atomic E-state index is 13.2. The summed E-state index contributed by atoms with van der Waals surface area (Å²) in [5, 5.41) is 2.19. The summed E-state index contributed by atoms with van der Waals surface area (Å²) in [4.78, 5) is 29.9. The van der Waals surface area contributed by atoms with E-state index >= 15 is 0 Å². The summed E-state index contributed by atoms with van der Waals surface area (Å²) in [6.45, 7) is 0.0329. The Morgan fingerprint density at radius 1 is 1.29 bits per heavy atom. The summed E-state index contributed by atoms with van der Waals surface area (Å²) in [7, 11) is 1.44. The van der Waals surface area contributed by atoms with E-state index in [1.807, 2.05) is 0 Å². The number of nitrogens with one attached hydrogen (secondary N) is 1. The molecule has 2 heterocycles. The van der Waals surface area contributed by atoms with Gasteiger partial charge >= 0.3 is 6.18 Å². The number of hydrogen-bond donors (Lipinski definition) is 1. The van der Waals surface area contributed by atoms with Gasteiger partial charge in [0.15, 0.2) is 0 Å². The van der Waals surface area contributed by atoms with Crippen molar-refractivity contribution in [1.29, 1.82) is 0 Å². The van der Waals surface area contributed by atoms with Crippen molar-refractivity contribution in [1.82, 2.24) is 9.88 Å². The molecule has 1 aromatic heterocycles. The van der Waals surface area contributed by atoms with Crippen LogP contribution in [0.25, 0.3) is 0 Å². The largest absolute Gasteiger partial charge is 0.416 e. The fourth-order valence-corrected chi connectivity index (χ4v) is 3.41. The number of aromatic nitrogens is 1. The molecule has 1 aromatic carbocycles. The van der Waals surface area contributed by atoms with Gasteiger partial charge < -0.3 is 10.2 Å². The molecular weight excluding hydrogens is 402 g/mol. The Hall–Kier alpha value is -2.68. The summed E-state index contributed by atoms with van der Waals surface area (Å²) >= 11 is 5.83. The Morgan fingerprint density at radius 2 is 2.00 bits per heavy atom. The van der Waals surface area contributed by atoms with Crippen LogP contribution in [0.5, 0.6) is 0 Å². The van der Waals surface area contributed by atoms with Gasteiger partial charge in [-0.05, 0) is 35.9 Å². The predicted molar refractivity (Wildman–Crippen MR) is 93.1 cm³/mol. The number of pyridine rings is 1. The highest BCUT2D eigenvalue weighted by Gasteiger charge is 2.45. The number of rotatable bonds is 3. The van der Waals surface area contributed by atoms with Crippen LogP contribution in [0.15, 0.2) is 36.4 Å². The highest BCUT2D eigenvalue weighted by molar-refractivity contribution is 6.30. The third kappa shape index (κ3) is 4.09. The van der Waals surface area contributed by atoms with Crippen LogP contribution in [0.1, 0.15) is 17.0 Å². The third-order valence-electron chi connectivity index (χ3n) is 4.44. The zero-order chi connectivity index (χ0) is 20.6. The number of nitrogens with zero attached hydrogens (tertiary/aromatic N) is 2. The Bertz CT molecular complexity index is 935. The molecule has 2 aromatic rings. The molecule has 28 heavy (non-hydrogen) atoms. The number of carbonyl (C=O) groups is 2. The molecule has 1 saturated heterocycles. The van der Waals surface area contributed by atoms with Gasteiger partial charge in [0.1, 0.15) is 11.7 Å². The molecule has 0 bridgehead atoms. The van der Waals surface area contributed by atoms with Gasteiger partial charge in [-0.15, -0.1) is 0 Å². The van der Waals surface area contributed by atoms with Crippen molar-refractivity contribution >= 4 is 29.2 Å². The highest BCUT2D eigenvalue weighted by atomic mass is 35.5. The van der Waals surface area contributed by atoms with Gasteiger partial charge in [-0.2, -0.15) is 17.6 Å². The quantitative estimate of drug-likeness (QED) is 0.472. The number of likely N-dealkylation sites (N-methyl/N-ethyl adjacent to an activating group) is 1. The molecule has 1 N–H and O–H groups in total. The van der Waals surface area contributed by atoms with Gasteiger partial charge in [0.05, 0.1) is 5.56 Å². The zero-order valence-corrected chi connectivity index (χ0v) is 15.2. The topological polar surface area (TPSA) is 62.3 Å². The van der Waals surface area contributed by atoms with Crippen LogP contribution in [0, 0.1) is 11.9 Å². The zero-order valence-electron chi connectivity index (χ0n) is 14.4. The van der Waals surface area contributed by atoms with Gasteiger partial charge in [0, 0.05) is 24.5 Å². The molecule has 0 saturated carbocycles. The summed E-state index contributed by atoms with van der Waals surface area (Å²) < 4.78 is 52.5. The van der Waals surface area contributed by atoms with E-state index in [1.165, 1.54) is 30.1 Å². The van der Waals surface area contributed by atoms with E-state index in [9.17, 15) is 27.2 Å². The first-order chi connectivity index (χ1) is 13.1. The first-order valence-corrected chi connectivity index (χ1v) is 8.50. The van der Waals surface area contributed by atoms with Crippen molar-refractivity contribution in [2.45, 2.75) is 12.1 Å². The molecule has 1 aliphatic heterocycles. The molecule has 3 rings (SSSR count). The molecule has 0 radical (unpaired) electrons. The van der Waals surface area contributed by atoms with Crippen molar-refractivity contribution < 1.29 is 27.2 Å². The van der Waals surface area contributed by atoms with Gasteiger partial charge in [0.25, 0.3) is 0 Å². The lowest BCUT2D eigenvalue weighted by atomic mass is 9.87. The lowest BCUT2D eigenvalue weighted by molar-refractivity contribution is -0.137. The molecule has 0 aliphatic carbocycles. The Morgan fingerprint density at radius 3 is 2.64 bits per heavy atom. The van der Waals surface area contributed by atoms with E-state index < -0.39 is 41.3 Å². The average Bonchev–Trinajstić information content (AvgIpc) is 2.89. The average molecular weight is 416 g/mol. The van der Waals surface area contributed by atoms with E-state index in [1.54, 1.807) is 0 Å². The fourth-order valence-electron chi connectivity index (χ4n) is 3.16. The monoisotopic (exact) mass is 415 g/mol. The van der Waals surface area contributed by atoms with Crippen molar-refractivity contribution in [3.8, 4) is 0 Å². The number of carbonyl (C=O) groups excluding carboxylic acids is 2. The second-order valence-electron chi connectivity index (χ2n) is 6.41. The number of alkyl halides is 3. The Balaban J connectivity index is 1.95. The van der Waals surface area contributed by atoms with Gasteiger partial charge in [0.2, 0.25) is 17.8 Å². The molecule has 5 nitrogen and oxygen atoms in total. The lowest BCUT2D eigenvalue weighted by Gasteiger charge is -2.18. The van der Waals surface area contributed by atoms with E-state index in [0.717, 1.165) is 18.2 Å². The van der Waals surface area contributed by atoms with Crippen LogP contribution in [0.2, 0.25) is 5.02 Å². The SMILES string of the molecule is CN1C[C@H](c2cc(Cl)cc(C(F)(F)F)c2)[C@@H](C(=O)Nc2cccc(F)n2)C1=O. The molecule has 2 atom stereocenters. The van der Waals surface area contributed by atoms with Gasteiger partial charge in [-0.25, -0.2) is 4.98 Å². The van der Waals surface area contributed by atoms with Crippen molar-refractivity contribution in [3.05, 3.63) is 58.5 Å². The van der Waals surface area contributed by atoms with Crippen LogP contribution in [0.4, 0.5) is 23.4 Å². The molecule has 0 unspecified atom stereocenters. The molecule has 2 amide bonds. The Labute approximate surface area is 162 Å². The van der Waals surface area contributed by atoms with Gasteiger partial charge in [-0.1, -0.05) is 17.7 Å². The Kier molecular flexibility index (Phi) is 5.29. The summed E-state index contributed by atoms with van der Waals surface area (Å²) in [5.41, 5.74) is -0.854. The smallest absolute Gasteiger partial charge is 0.344 e. The van der Waals surface area contributed by atoms with E-state index in [-0.39, 0.29) is 22.9 Å². The summed E-state index contributed by atoms with van der Waals surface area (Å²) in [6, 6.07) is 6.69. The maximum absolute atomic E-state index is 13.2. The molecule has 148 valence electrons. The second kappa shape index (κ2) is 7.38. The molecule has 0 spiro atoms. The third-order valence-corrected chi connectivity index (χ3v) is 4.66. The van der Waals surface area contributed by atoms with Crippen molar-refractivity contribution in [2.24, 2.45) is 5.92 Å². The van der Waals surface area contributed by atoms with Crippen molar-refractivity contribution in [3.63, 3.8) is 0 Å². The number of anilines is 1. The first-order valence-electron chi connectivity index (χ1n) is 8.12. The number of halogens is 5. The summed E-state index contributed by atoms with van der Waals surface area (Å²) in [5.74, 6) is -4.43. The minimum absolute atomic E-state index is 0.0329. The van der Waals surface area contributed by atoms with E-state index in [2.05, 4.69) is 10.3 Å². The molecule has 10 heteroatoms. The summed E-state index contributed by atoms with van der Waals surface area (Å²) in [6.07, 6.45) is -4.63. The number of hydrogen-bond acceptors (Lipinski definition) is 3. The molecule has 1 aliphatic rings. The first kappa shape index (κ1) is 20.1. The van der Waals surface area contributed by atoms with Crippen LogP contribution in [-0.2, 0) is 15.8 Å². The molecule has 1 fully saturated rings. The fraction of sp³-hybridized carbons (Fsp3) is 0.278. The van der Waals surface area contributed by atoms with E-state index in [0.29, 0.717) is 0 Å². The van der Waals surface area contributed by atoms with Crippen LogP contribution in [-0.4, -0.2) is 35.3 Å². The molecular formula is C18H14ClF4N3O2. The van der Waals surface area contributed by atoms with Gasteiger partial charge in [-0.3, -0.25) is 9.59 Å². The highest BCUT2D eigenvalue weighted by Crippen LogP contribution is 2.38. The number of benzene rings is 1. The van der Waals surface area contributed by atoms with Crippen LogP contribution < -0.4 is 5.32 Å². The lowest BCUT2D eigenvalue weighted by Crippen LogP contribution is -2.33. The number of amides is 2. The minimum atomic E-state index is -4.63. The second-order valence-corrected chi connectivity index (χ2v) is 6.85. The maximum Gasteiger partial charge on any atom is 0.416 e. The minimum Gasteiger partial charge on any atom is -0.344 e. The standard InChI is InChI=1S/C18H14ClF4N3O2/c1-26-8-12(9-5-10(18(21,22)23)7-11(19)6-9)15(17(26)28)16(27)25-14-4-2-3-13(20)24-14/h2-7,12,15H,8H2,1H3,(H,24,25,27)/t12-,15+/m1/s1. The van der Waals surface area contributed by atoms with E-state index in [4.69, 9.17) is 11.6 Å². The van der Waals surface area contributed by atoms with Crippen LogP contribution >= 0.6 is 11.6 Å². The van der Waals surface area contributed by atoms with Crippen molar-refractivity contribution in [2.75, 3.05) is 18.9 Å². The normalized spacial score (nSPS) is 19.8. The van der Waals surface area contributed by atoms with Crippen LogP contribution in [0.3, 0.4) is 0 Å². The number of likely N-dealkylation sites (tertiary alicyclic amines) is 1. The predicted octanol–water partition coefficient (Wildman–Crippen LogP) is 3.70.